The van der Waals surface area contributed by atoms with Gasteiger partial charge in [0.25, 0.3) is 0 Å². The van der Waals surface area contributed by atoms with Crippen molar-refractivity contribution in [2.45, 2.75) is 13.3 Å². The Bertz CT molecular complexity index is 884. The van der Waals surface area contributed by atoms with E-state index in [4.69, 9.17) is 18.9 Å². The summed E-state index contributed by atoms with van der Waals surface area (Å²) in [7, 11) is 3.17. The Hall–Kier alpha value is -3.28. The summed E-state index contributed by atoms with van der Waals surface area (Å²) in [5.41, 5.74) is 1.70. The number of rotatable bonds is 7. The van der Waals surface area contributed by atoms with Gasteiger partial charge >= 0.3 is 5.97 Å². The third-order valence-corrected chi connectivity index (χ3v) is 3.91. The highest BCUT2D eigenvalue weighted by Gasteiger charge is 2.24. The van der Waals surface area contributed by atoms with Gasteiger partial charge in [0, 0.05) is 5.56 Å². The minimum absolute atomic E-state index is 0.227. The summed E-state index contributed by atoms with van der Waals surface area (Å²) in [6, 6.07) is 12.6. The molecular weight excluding hydrogens is 346 g/mol. The molecule has 1 aliphatic rings. The zero-order chi connectivity index (χ0) is 19.2. The molecule has 0 saturated carbocycles. The normalized spacial score (nSPS) is 14.7. The van der Waals surface area contributed by atoms with Gasteiger partial charge in [-0.05, 0) is 54.5 Å². The number of methoxy groups -OCH3 is 2. The highest BCUT2D eigenvalue weighted by Crippen LogP contribution is 2.30. The SMILES string of the molecule is CCCOc1ccc(C=C2N=C(c3ccc(OC)cc3)OC2=O)cc1OC. The zero-order valence-electron chi connectivity index (χ0n) is 15.5. The molecule has 0 aromatic heterocycles. The number of cyclic esters (lactones) is 1. The molecule has 3 rings (SSSR count). The van der Waals surface area contributed by atoms with Crippen LogP contribution in [0.2, 0.25) is 0 Å². The maximum absolute atomic E-state index is 12.2. The van der Waals surface area contributed by atoms with Crippen LogP contribution in [0, 0.1) is 0 Å². The third-order valence-electron chi connectivity index (χ3n) is 3.91. The lowest BCUT2D eigenvalue weighted by molar-refractivity contribution is -0.129. The fourth-order valence-corrected chi connectivity index (χ4v) is 2.53. The first-order chi connectivity index (χ1) is 13.1. The van der Waals surface area contributed by atoms with Crippen LogP contribution in [-0.4, -0.2) is 32.7 Å². The first-order valence-electron chi connectivity index (χ1n) is 8.62. The van der Waals surface area contributed by atoms with Crippen molar-refractivity contribution in [3.63, 3.8) is 0 Å². The van der Waals surface area contributed by atoms with Crippen LogP contribution in [0.25, 0.3) is 6.08 Å². The highest BCUT2D eigenvalue weighted by molar-refractivity contribution is 6.12. The van der Waals surface area contributed by atoms with Crippen molar-refractivity contribution in [2.24, 2.45) is 4.99 Å². The molecule has 27 heavy (non-hydrogen) atoms. The lowest BCUT2D eigenvalue weighted by Crippen LogP contribution is -2.05. The molecule has 6 nitrogen and oxygen atoms in total. The molecule has 2 aromatic rings. The number of esters is 1. The van der Waals surface area contributed by atoms with Crippen molar-refractivity contribution in [3.05, 3.63) is 59.3 Å². The lowest BCUT2D eigenvalue weighted by Gasteiger charge is -2.10. The molecule has 0 N–H and O–H groups in total. The van der Waals surface area contributed by atoms with Gasteiger partial charge in [-0.3, -0.25) is 0 Å². The van der Waals surface area contributed by atoms with E-state index in [2.05, 4.69) is 4.99 Å². The quantitative estimate of drug-likeness (QED) is 0.549. The van der Waals surface area contributed by atoms with E-state index in [1.807, 2.05) is 19.1 Å². The Balaban J connectivity index is 1.85. The van der Waals surface area contributed by atoms with Crippen molar-refractivity contribution >= 4 is 17.9 Å². The Morgan fingerprint density at radius 3 is 2.48 bits per heavy atom. The zero-order valence-corrected chi connectivity index (χ0v) is 15.5. The standard InChI is InChI=1S/C21H21NO5/c1-4-11-26-18-10-5-14(13-19(18)25-3)12-17-21(23)27-20(22-17)15-6-8-16(24-2)9-7-15/h5-10,12-13H,4,11H2,1-3H3. The van der Waals surface area contributed by atoms with Crippen molar-refractivity contribution in [2.75, 3.05) is 20.8 Å². The second-order valence-electron chi connectivity index (χ2n) is 5.82. The summed E-state index contributed by atoms with van der Waals surface area (Å²) in [6.45, 7) is 2.65. The number of benzene rings is 2. The van der Waals surface area contributed by atoms with Crippen LogP contribution in [0.1, 0.15) is 24.5 Å². The highest BCUT2D eigenvalue weighted by atomic mass is 16.6. The molecule has 1 aliphatic heterocycles. The smallest absolute Gasteiger partial charge is 0.363 e. The molecule has 0 aliphatic carbocycles. The van der Waals surface area contributed by atoms with Crippen LogP contribution in [0.4, 0.5) is 0 Å². The molecule has 2 aromatic carbocycles. The van der Waals surface area contributed by atoms with E-state index in [9.17, 15) is 4.79 Å². The molecule has 0 atom stereocenters. The van der Waals surface area contributed by atoms with E-state index in [1.165, 1.54) is 0 Å². The van der Waals surface area contributed by atoms with Gasteiger partial charge in [-0.1, -0.05) is 13.0 Å². The maximum Gasteiger partial charge on any atom is 0.363 e. The van der Waals surface area contributed by atoms with Gasteiger partial charge < -0.3 is 18.9 Å². The number of carbonyl (C=O) groups is 1. The molecule has 0 unspecified atom stereocenters. The van der Waals surface area contributed by atoms with E-state index in [-0.39, 0.29) is 11.6 Å². The fraction of sp³-hybridized carbons (Fsp3) is 0.238. The van der Waals surface area contributed by atoms with E-state index in [1.54, 1.807) is 50.6 Å². The molecule has 140 valence electrons. The molecule has 0 radical (unpaired) electrons. The van der Waals surface area contributed by atoms with E-state index in [0.717, 1.165) is 17.7 Å². The Labute approximate surface area is 158 Å². The first-order valence-corrected chi connectivity index (χ1v) is 8.62. The molecule has 1 heterocycles. The Morgan fingerprint density at radius 1 is 1.04 bits per heavy atom. The van der Waals surface area contributed by atoms with E-state index in [0.29, 0.717) is 23.7 Å². The molecule has 6 heteroatoms. The monoisotopic (exact) mass is 367 g/mol. The Morgan fingerprint density at radius 2 is 1.81 bits per heavy atom. The topological polar surface area (TPSA) is 66.3 Å². The summed E-state index contributed by atoms with van der Waals surface area (Å²) in [5, 5.41) is 0. The lowest BCUT2D eigenvalue weighted by atomic mass is 10.1. The average Bonchev–Trinajstić information content (AvgIpc) is 3.07. The second-order valence-corrected chi connectivity index (χ2v) is 5.82. The molecule has 0 spiro atoms. The molecule has 0 amide bonds. The van der Waals surface area contributed by atoms with Gasteiger partial charge in [0.1, 0.15) is 5.75 Å². The number of ether oxygens (including phenoxy) is 4. The van der Waals surface area contributed by atoms with Crippen LogP contribution in [-0.2, 0) is 9.53 Å². The number of nitrogens with zero attached hydrogens (tertiary/aromatic N) is 1. The van der Waals surface area contributed by atoms with Crippen molar-refractivity contribution in [1.29, 1.82) is 0 Å². The first kappa shape index (κ1) is 18.5. The van der Waals surface area contributed by atoms with Gasteiger partial charge in [-0.2, -0.15) is 0 Å². The van der Waals surface area contributed by atoms with Crippen molar-refractivity contribution < 1.29 is 23.7 Å². The summed E-state index contributed by atoms with van der Waals surface area (Å²) in [6.07, 6.45) is 2.56. The van der Waals surface area contributed by atoms with Crippen LogP contribution >= 0.6 is 0 Å². The van der Waals surface area contributed by atoms with Crippen LogP contribution in [0.5, 0.6) is 17.2 Å². The summed E-state index contributed by atoms with van der Waals surface area (Å²) in [5.74, 6) is 1.76. The average molecular weight is 367 g/mol. The summed E-state index contributed by atoms with van der Waals surface area (Å²) in [4.78, 5) is 16.5. The maximum atomic E-state index is 12.2. The fourth-order valence-electron chi connectivity index (χ4n) is 2.53. The van der Waals surface area contributed by atoms with Gasteiger partial charge in [0.2, 0.25) is 5.90 Å². The van der Waals surface area contributed by atoms with Crippen molar-refractivity contribution in [3.8, 4) is 17.2 Å². The predicted octanol–water partition coefficient (Wildman–Crippen LogP) is 3.84. The van der Waals surface area contributed by atoms with Crippen molar-refractivity contribution in [1.82, 2.24) is 0 Å². The molecular formula is C21H21NO5. The van der Waals surface area contributed by atoms with E-state index >= 15 is 0 Å². The van der Waals surface area contributed by atoms with Gasteiger partial charge in [-0.25, -0.2) is 9.79 Å². The largest absolute Gasteiger partial charge is 0.497 e. The second kappa shape index (κ2) is 8.40. The number of hydrogen-bond acceptors (Lipinski definition) is 6. The number of hydrogen-bond donors (Lipinski definition) is 0. The minimum Gasteiger partial charge on any atom is -0.497 e. The van der Waals surface area contributed by atoms with Crippen LogP contribution in [0.15, 0.2) is 53.2 Å². The summed E-state index contributed by atoms with van der Waals surface area (Å²) >= 11 is 0. The van der Waals surface area contributed by atoms with Crippen LogP contribution in [0.3, 0.4) is 0 Å². The molecule has 0 saturated heterocycles. The van der Waals surface area contributed by atoms with Gasteiger partial charge in [-0.15, -0.1) is 0 Å². The number of aliphatic imine (C=N–C) groups is 1. The van der Waals surface area contributed by atoms with E-state index < -0.39 is 5.97 Å². The van der Waals surface area contributed by atoms with Crippen LogP contribution < -0.4 is 14.2 Å². The molecule has 0 fully saturated rings. The summed E-state index contributed by atoms with van der Waals surface area (Å²) < 4.78 is 21.4. The Kier molecular flexibility index (Phi) is 5.76. The third kappa shape index (κ3) is 4.28. The number of carbonyl (C=O) groups excluding carboxylic acids is 1. The predicted molar refractivity (Wildman–Crippen MR) is 102 cm³/mol. The van der Waals surface area contributed by atoms with Gasteiger partial charge in [0.15, 0.2) is 17.2 Å². The minimum atomic E-state index is -0.494. The molecule has 0 bridgehead atoms. The van der Waals surface area contributed by atoms with Gasteiger partial charge in [0.05, 0.1) is 20.8 Å².